The van der Waals surface area contributed by atoms with E-state index in [9.17, 15) is 9.59 Å². The van der Waals surface area contributed by atoms with Crippen LogP contribution in [0.2, 0.25) is 0 Å². The second-order valence-corrected chi connectivity index (χ2v) is 3.66. The number of aromatic nitrogens is 1. The largest absolute Gasteiger partial charge is 0.461 e. The van der Waals surface area contributed by atoms with Crippen LogP contribution in [-0.4, -0.2) is 30.0 Å². The zero-order valence-electron chi connectivity index (χ0n) is 11.0. The summed E-state index contributed by atoms with van der Waals surface area (Å²) < 4.78 is 4.86. The molecule has 1 N–H and O–H groups in total. The third kappa shape index (κ3) is 5.68. The van der Waals surface area contributed by atoms with Crippen LogP contribution in [0.1, 0.15) is 36.5 Å². The van der Waals surface area contributed by atoms with Crippen molar-refractivity contribution in [2.75, 3.05) is 13.2 Å². The van der Waals surface area contributed by atoms with Gasteiger partial charge in [0.25, 0.3) is 0 Å². The Balaban J connectivity index is 2.59. The summed E-state index contributed by atoms with van der Waals surface area (Å²) in [5, 5.41) is 2.64. The fourth-order valence-corrected chi connectivity index (χ4v) is 1.28. The highest BCUT2D eigenvalue weighted by molar-refractivity contribution is 5.87. The molecular formula is C14H16N2O3. The van der Waals surface area contributed by atoms with Gasteiger partial charge in [-0.25, -0.2) is 9.78 Å². The molecule has 0 bridgehead atoms. The number of pyridine rings is 1. The Hall–Kier alpha value is -2.35. The lowest BCUT2D eigenvalue weighted by Gasteiger charge is -2.00. The zero-order valence-corrected chi connectivity index (χ0v) is 11.0. The minimum atomic E-state index is -0.454. The van der Waals surface area contributed by atoms with E-state index in [0.717, 1.165) is 0 Å². The lowest BCUT2D eigenvalue weighted by atomic mass is 10.3. The maximum atomic E-state index is 11.5. The van der Waals surface area contributed by atoms with Gasteiger partial charge in [-0.2, -0.15) is 0 Å². The molecule has 0 saturated heterocycles. The van der Waals surface area contributed by atoms with Crippen LogP contribution < -0.4 is 5.32 Å². The molecule has 0 unspecified atom stereocenters. The highest BCUT2D eigenvalue weighted by Gasteiger charge is 2.07. The number of carbonyl (C=O) groups is 2. The molecule has 0 aliphatic heterocycles. The maximum Gasteiger partial charge on any atom is 0.356 e. The number of nitrogens with zero attached hydrogens (tertiary/aromatic N) is 1. The van der Waals surface area contributed by atoms with Crippen molar-refractivity contribution >= 4 is 11.9 Å². The molecule has 0 aliphatic carbocycles. The Labute approximate surface area is 112 Å². The Morgan fingerprint density at radius 1 is 1.42 bits per heavy atom. The van der Waals surface area contributed by atoms with Crippen molar-refractivity contribution < 1.29 is 14.3 Å². The van der Waals surface area contributed by atoms with Gasteiger partial charge in [0.2, 0.25) is 5.91 Å². The number of rotatable bonds is 4. The summed E-state index contributed by atoms with van der Waals surface area (Å²) in [5.74, 6) is 5.18. The first kappa shape index (κ1) is 14.7. The highest BCUT2D eigenvalue weighted by atomic mass is 16.5. The molecule has 0 atom stereocenters. The predicted molar refractivity (Wildman–Crippen MR) is 70.4 cm³/mol. The molecular weight excluding hydrogens is 244 g/mol. The summed E-state index contributed by atoms with van der Waals surface area (Å²) in [6.45, 7) is 4.01. The normalized spacial score (nSPS) is 9.16. The van der Waals surface area contributed by atoms with Gasteiger partial charge in [0, 0.05) is 19.9 Å². The maximum absolute atomic E-state index is 11.5. The Morgan fingerprint density at radius 3 is 2.89 bits per heavy atom. The summed E-state index contributed by atoms with van der Waals surface area (Å²) in [6, 6.07) is 5.01. The lowest BCUT2D eigenvalue weighted by molar-refractivity contribution is -0.118. The average Bonchev–Trinajstić information content (AvgIpc) is 2.38. The van der Waals surface area contributed by atoms with Crippen molar-refractivity contribution in [2.24, 2.45) is 0 Å². The number of nitrogens with one attached hydrogen (secondary N) is 1. The van der Waals surface area contributed by atoms with Crippen LogP contribution >= 0.6 is 0 Å². The monoisotopic (exact) mass is 260 g/mol. The van der Waals surface area contributed by atoms with Crippen LogP contribution in [0, 0.1) is 11.8 Å². The molecule has 19 heavy (non-hydrogen) atoms. The topological polar surface area (TPSA) is 68.3 Å². The Kier molecular flexibility index (Phi) is 6.10. The molecule has 0 fully saturated rings. The van der Waals surface area contributed by atoms with Gasteiger partial charge in [-0.15, -0.1) is 0 Å². The number of esters is 1. The summed E-state index contributed by atoms with van der Waals surface area (Å²) in [6.07, 6.45) is 0.533. The van der Waals surface area contributed by atoms with Gasteiger partial charge in [-0.1, -0.05) is 12.0 Å². The number of carbonyl (C=O) groups excluding carboxylic acids is 2. The first-order valence-corrected chi connectivity index (χ1v) is 6.01. The molecule has 100 valence electrons. The van der Waals surface area contributed by atoms with Crippen molar-refractivity contribution in [2.45, 2.75) is 20.3 Å². The molecule has 0 aromatic carbocycles. The van der Waals surface area contributed by atoms with Crippen LogP contribution in [0.15, 0.2) is 18.2 Å². The predicted octanol–water partition coefficient (Wildman–Crippen LogP) is 1.14. The van der Waals surface area contributed by atoms with Crippen LogP contribution in [0.5, 0.6) is 0 Å². The number of ether oxygens (including phenoxy) is 1. The fraction of sp³-hybridized carbons (Fsp3) is 0.357. The molecule has 5 heteroatoms. The molecule has 0 aliphatic rings. The van der Waals surface area contributed by atoms with E-state index in [0.29, 0.717) is 25.3 Å². The van der Waals surface area contributed by atoms with Gasteiger partial charge in [-0.05, 0) is 25.0 Å². The minimum absolute atomic E-state index is 0.0794. The number of hydrogen-bond acceptors (Lipinski definition) is 4. The van der Waals surface area contributed by atoms with Gasteiger partial charge in [-0.3, -0.25) is 4.79 Å². The molecule has 0 saturated carbocycles. The highest BCUT2D eigenvalue weighted by Crippen LogP contribution is 2.00. The second kappa shape index (κ2) is 7.88. The Morgan fingerprint density at radius 2 is 2.21 bits per heavy atom. The van der Waals surface area contributed by atoms with E-state index >= 15 is 0 Å². The molecule has 0 spiro atoms. The van der Waals surface area contributed by atoms with Crippen LogP contribution in [0.4, 0.5) is 0 Å². The molecule has 0 radical (unpaired) electrons. The van der Waals surface area contributed by atoms with Gasteiger partial charge in [0.05, 0.1) is 6.61 Å². The van der Waals surface area contributed by atoms with Crippen LogP contribution in [0.25, 0.3) is 0 Å². The van der Waals surface area contributed by atoms with E-state index in [1.165, 1.54) is 6.92 Å². The average molecular weight is 260 g/mol. The van der Waals surface area contributed by atoms with Crippen molar-refractivity contribution in [1.29, 1.82) is 0 Å². The van der Waals surface area contributed by atoms with Crippen molar-refractivity contribution in [3.05, 3.63) is 29.6 Å². The van der Waals surface area contributed by atoms with E-state index in [1.807, 2.05) is 0 Å². The quantitative estimate of drug-likeness (QED) is 0.500. The first-order valence-electron chi connectivity index (χ1n) is 6.01. The van der Waals surface area contributed by atoms with Crippen molar-refractivity contribution in [3.63, 3.8) is 0 Å². The second-order valence-electron chi connectivity index (χ2n) is 3.66. The van der Waals surface area contributed by atoms with Crippen molar-refractivity contribution in [1.82, 2.24) is 10.3 Å². The van der Waals surface area contributed by atoms with E-state index in [2.05, 4.69) is 22.1 Å². The molecule has 5 nitrogen and oxygen atoms in total. The molecule has 1 amide bonds. The van der Waals surface area contributed by atoms with E-state index in [1.54, 1.807) is 25.1 Å². The van der Waals surface area contributed by atoms with Crippen molar-refractivity contribution in [3.8, 4) is 11.8 Å². The van der Waals surface area contributed by atoms with Gasteiger partial charge >= 0.3 is 5.97 Å². The summed E-state index contributed by atoms with van der Waals surface area (Å²) in [4.78, 5) is 26.2. The minimum Gasteiger partial charge on any atom is -0.461 e. The molecule has 1 aromatic rings. The summed E-state index contributed by atoms with van der Waals surface area (Å²) >= 11 is 0. The third-order valence-corrected chi connectivity index (χ3v) is 2.07. The number of amides is 1. The zero-order chi connectivity index (χ0) is 14.1. The van der Waals surface area contributed by atoms with Gasteiger partial charge in [0.1, 0.15) is 11.4 Å². The smallest absolute Gasteiger partial charge is 0.356 e. The molecule has 1 heterocycles. The first-order chi connectivity index (χ1) is 9.13. The lowest BCUT2D eigenvalue weighted by Crippen LogP contribution is -2.20. The van der Waals surface area contributed by atoms with Gasteiger partial charge < -0.3 is 10.1 Å². The van der Waals surface area contributed by atoms with E-state index in [-0.39, 0.29) is 11.6 Å². The number of hydrogen-bond donors (Lipinski definition) is 1. The van der Waals surface area contributed by atoms with Crippen LogP contribution in [0.3, 0.4) is 0 Å². The van der Waals surface area contributed by atoms with E-state index in [4.69, 9.17) is 4.74 Å². The van der Waals surface area contributed by atoms with E-state index < -0.39 is 5.97 Å². The summed E-state index contributed by atoms with van der Waals surface area (Å²) in [5.41, 5.74) is 0.754. The SMILES string of the molecule is CCOC(=O)c1cccc(C#CCCNC(C)=O)n1. The van der Waals surface area contributed by atoms with Crippen LogP contribution in [-0.2, 0) is 9.53 Å². The van der Waals surface area contributed by atoms with Gasteiger partial charge in [0.15, 0.2) is 0 Å². The third-order valence-electron chi connectivity index (χ3n) is 2.07. The molecule has 1 aromatic heterocycles. The fourth-order valence-electron chi connectivity index (χ4n) is 1.28. The molecule has 1 rings (SSSR count). The Bertz CT molecular complexity index is 515. The standard InChI is InChI=1S/C14H16N2O3/c1-3-19-14(18)13-9-6-8-12(16-13)7-4-5-10-15-11(2)17/h6,8-9H,3,5,10H2,1-2H3,(H,15,17). The summed E-state index contributed by atoms with van der Waals surface area (Å²) in [7, 11) is 0.